The smallest absolute Gasteiger partial charge is 0.253 e. The first kappa shape index (κ1) is 19.9. The van der Waals surface area contributed by atoms with Gasteiger partial charge in [0.25, 0.3) is 10.9 Å². The van der Waals surface area contributed by atoms with Crippen LogP contribution in [0.15, 0.2) is 27.8 Å². The molecule has 1 aliphatic rings. The van der Waals surface area contributed by atoms with Crippen molar-refractivity contribution in [1.29, 1.82) is 0 Å². The molecule has 0 amide bonds. The molecule has 4 nitrogen and oxygen atoms in total. The van der Waals surface area contributed by atoms with Crippen LogP contribution in [0.1, 0.15) is 51.3 Å². The van der Waals surface area contributed by atoms with Crippen LogP contribution in [0.3, 0.4) is 0 Å². The van der Waals surface area contributed by atoms with E-state index in [1.54, 1.807) is 7.05 Å². The van der Waals surface area contributed by atoms with Gasteiger partial charge in [-0.3, -0.25) is 9.59 Å². The normalized spacial score (nSPS) is 12.5. The minimum atomic E-state index is -0.393. The van der Waals surface area contributed by atoms with Crippen LogP contribution in [0, 0.1) is 0 Å². The Morgan fingerprint density at radius 2 is 1.71 bits per heavy atom. The average molecular weight is 330 g/mol. The maximum absolute atomic E-state index is 11.8. The molecule has 4 heteroatoms. The number of hydrogen-bond acceptors (Lipinski definition) is 4. The van der Waals surface area contributed by atoms with Gasteiger partial charge in [0, 0.05) is 20.1 Å². The number of hydrogen-bond donors (Lipinski definition) is 1. The van der Waals surface area contributed by atoms with Gasteiger partial charge in [0.15, 0.2) is 0 Å². The van der Waals surface area contributed by atoms with Crippen LogP contribution in [0.4, 0.5) is 11.4 Å². The summed E-state index contributed by atoms with van der Waals surface area (Å²) in [4.78, 5) is 25.3. The fourth-order valence-corrected chi connectivity index (χ4v) is 2.93. The standard InChI is InChI=1S/C16H18N2O2.2C2H6/c1-3-10-4-5-11-6-7-18(9-12(11)8-10)14-13(17-2)15(19)16(14)20;2*1-2/h4-5,8,17H,3,6-7,9H2,1-2H3;2*1-2H3. The van der Waals surface area contributed by atoms with Crippen molar-refractivity contribution in [2.24, 2.45) is 0 Å². The molecule has 0 spiro atoms. The molecule has 2 aromatic rings. The molecule has 3 rings (SSSR count). The van der Waals surface area contributed by atoms with Crippen molar-refractivity contribution in [2.45, 2.75) is 54.0 Å². The summed E-state index contributed by atoms with van der Waals surface area (Å²) in [5.74, 6) is 0. The fourth-order valence-electron chi connectivity index (χ4n) is 2.93. The lowest BCUT2D eigenvalue weighted by molar-refractivity contribution is 0.725. The summed E-state index contributed by atoms with van der Waals surface area (Å²) >= 11 is 0. The van der Waals surface area contributed by atoms with E-state index >= 15 is 0 Å². The molecule has 132 valence electrons. The summed E-state index contributed by atoms with van der Waals surface area (Å²) in [7, 11) is 1.69. The highest BCUT2D eigenvalue weighted by molar-refractivity contribution is 5.75. The topological polar surface area (TPSA) is 49.4 Å². The SMILES string of the molecule is CC.CC.CCc1ccc2c(c1)CN(c1c(NC)c(=O)c1=O)CC2. The number of nitrogens with one attached hydrogen (secondary N) is 1. The summed E-state index contributed by atoms with van der Waals surface area (Å²) in [6.07, 6.45) is 1.93. The Morgan fingerprint density at radius 1 is 1.04 bits per heavy atom. The first-order chi connectivity index (χ1) is 11.7. The van der Waals surface area contributed by atoms with E-state index in [-0.39, 0.29) is 5.43 Å². The van der Waals surface area contributed by atoms with Crippen LogP contribution in [-0.2, 0) is 19.4 Å². The first-order valence-electron chi connectivity index (χ1n) is 9.02. The molecule has 1 N–H and O–H groups in total. The summed E-state index contributed by atoms with van der Waals surface area (Å²) < 4.78 is 0. The van der Waals surface area contributed by atoms with Crippen LogP contribution in [0.5, 0.6) is 0 Å². The molecule has 0 fully saturated rings. The zero-order valence-electron chi connectivity index (χ0n) is 15.8. The molecular weight excluding hydrogens is 300 g/mol. The Hall–Kier alpha value is -2.10. The van der Waals surface area contributed by atoms with Gasteiger partial charge in [-0.05, 0) is 29.5 Å². The van der Waals surface area contributed by atoms with Crippen molar-refractivity contribution in [2.75, 3.05) is 23.8 Å². The van der Waals surface area contributed by atoms with E-state index in [0.717, 1.165) is 19.4 Å². The third-order valence-electron chi connectivity index (χ3n) is 4.14. The number of anilines is 2. The van der Waals surface area contributed by atoms with E-state index < -0.39 is 5.43 Å². The van der Waals surface area contributed by atoms with Gasteiger partial charge in [-0.1, -0.05) is 52.8 Å². The van der Waals surface area contributed by atoms with E-state index in [0.29, 0.717) is 17.9 Å². The van der Waals surface area contributed by atoms with Gasteiger partial charge >= 0.3 is 0 Å². The Balaban J connectivity index is 0.000000671. The van der Waals surface area contributed by atoms with Crippen molar-refractivity contribution >= 4 is 11.4 Å². The van der Waals surface area contributed by atoms with Crippen LogP contribution in [-0.4, -0.2) is 13.6 Å². The van der Waals surface area contributed by atoms with Crippen molar-refractivity contribution in [3.05, 3.63) is 55.3 Å². The monoisotopic (exact) mass is 330 g/mol. The number of benzene rings is 1. The van der Waals surface area contributed by atoms with Gasteiger partial charge < -0.3 is 10.2 Å². The van der Waals surface area contributed by atoms with E-state index in [2.05, 4.69) is 30.4 Å². The summed E-state index contributed by atoms with van der Waals surface area (Å²) in [5.41, 5.74) is 4.20. The second kappa shape index (κ2) is 9.26. The number of fused-ring (bicyclic) bond motifs is 1. The molecule has 1 heterocycles. The lowest BCUT2D eigenvalue weighted by Crippen LogP contribution is -2.44. The minimum Gasteiger partial charge on any atom is -0.383 e. The zero-order valence-corrected chi connectivity index (χ0v) is 15.8. The second-order valence-electron chi connectivity index (χ2n) is 5.26. The van der Waals surface area contributed by atoms with Crippen molar-refractivity contribution in [3.8, 4) is 0 Å². The van der Waals surface area contributed by atoms with Crippen LogP contribution < -0.4 is 21.1 Å². The van der Waals surface area contributed by atoms with E-state index in [1.807, 2.05) is 32.6 Å². The highest BCUT2D eigenvalue weighted by Gasteiger charge is 2.27. The quantitative estimate of drug-likeness (QED) is 0.875. The molecule has 0 aliphatic carbocycles. The molecule has 0 unspecified atom stereocenters. The Morgan fingerprint density at radius 3 is 2.29 bits per heavy atom. The van der Waals surface area contributed by atoms with Gasteiger partial charge in [0.2, 0.25) is 0 Å². The molecular formula is C20H30N2O2. The molecule has 24 heavy (non-hydrogen) atoms. The van der Waals surface area contributed by atoms with Gasteiger partial charge in [0.1, 0.15) is 11.4 Å². The Bertz CT molecular complexity index is 728. The van der Waals surface area contributed by atoms with Gasteiger partial charge in [-0.15, -0.1) is 0 Å². The summed E-state index contributed by atoms with van der Waals surface area (Å²) in [5, 5.41) is 2.84. The largest absolute Gasteiger partial charge is 0.383 e. The van der Waals surface area contributed by atoms with Crippen LogP contribution in [0.2, 0.25) is 0 Å². The molecule has 0 saturated carbocycles. The van der Waals surface area contributed by atoms with E-state index in [1.165, 1.54) is 16.7 Å². The highest BCUT2D eigenvalue weighted by Crippen LogP contribution is 2.27. The van der Waals surface area contributed by atoms with E-state index in [9.17, 15) is 9.59 Å². The minimum absolute atomic E-state index is 0.357. The predicted molar refractivity (Wildman–Crippen MR) is 104 cm³/mol. The van der Waals surface area contributed by atoms with E-state index in [4.69, 9.17) is 0 Å². The van der Waals surface area contributed by atoms with Gasteiger partial charge in [-0.2, -0.15) is 0 Å². The Kier molecular flexibility index (Phi) is 7.69. The highest BCUT2D eigenvalue weighted by atomic mass is 16.2. The fraction of sp³-hybridized carbons (Fsp3) is 0.500. The number of rotatable bonds is 3. The number of aryl methyl sites for hydroxylation is 1. The molecule has 0 radical (unpaired) electrons. The molecule has 2 aromatic carbocycles. The number of nitrogens with zero attached hydrogens (tertiary/aromatic N) is 1. The maximum atomic E-state index is 11.8. The summed E-state index contributed by atoms with van der Waals surface area (Å²) in [6.45, 7) is 11.6. The van der Waals surface area contributed by atoms with Crippen molar-refractivity contribution in [1.82, 2.24) is 0 Å². The van der Waals surface area contributed by atoms with Crippen molar-refractivity contribution in [3.63, 3.8) is 0 Å². The lowest BCUT2D eigenvalue weighted by atomic mass is 9.95. The molecule has 1 aliphatic heterocycles. The van der Waals surface area contributed by atoms with Crippen LogP contribution in [0.25, 0.3) is 0 Å². The predicted octanol–water partition coefficient (Wildman–Crippen LogP) is 3.50. The first-order valence-corrected chi connectivity index (χ1v) is 9.02. The lowest BCUT2D eigenvalue weighted by Gasteiger charge is -2.32. The molecule has 0 aromatic heterocycles. The third kappa shape index (κ3) is 3.69. The van der Waals surface area contributed by atoms with Crippen LogP contribution >= 0.6 is 0 Å². The zero-order chi connectivity index (χ0) is 18.3. The average Bonchev–Trinajstić information content (AvgIpc) is 2.67. The molecule has 0 bridgehead atoms. The summed E-state index contributed by atoms with van der Waals surface area (Å²) in [6, 6.07) is 6.57. The van der Waals surface area contributed by atoms with Crippen molar-refractivity contribution < 1.29 is 0 Å². The molecule has 0 saturated heterocycles. The molecule has 0 atom stereocenters. The van der Waals surface area contributed by atoms with Gasteiger partial charge in [-0.25, -0.2) is 0 Å². The maximum Gasteiger partial charge on any atom is 0.253 e. The second-order valence-corrected chi connectivity index (χ2v) is 5.26. The Labute approximate surface area is 145 Å². The van der Waals surface area contributed by atoms with Gasteiger partial charge in [0.05, 0.1) is 0 Å². The third-order valence-corrected chi connectivity index (χ3v) is 4.14.